The first-order valence-electron chi connectivity index (χ1n) is 10.2. The molecule has 0 aliphatic carbocycles. The van der Waals surface area contributed by atoms with Crippen LogP contribution in [0.1, 0.15) is 33.6 Å². The normalized spacial score (nSPS) is 15.4. The number of likely N-dealkylation sites (tertiary alicyclic amines) is 1. The molecule has 1 atom stereocenters. The monoisotopic (exact) mass is 425 g/mol. The molecule has 31 heavy (non-hydrogen) atoms. The topological polar surface area (TPSA) is 97.0 Å². The van der Waals surface area contributed by atoms with Gasteiger partial charge in [-0.15, -0.1) is 0 Å². The Morgan fingerprint density at radius 1 is 1.00 bits per heavy atom. The fourth-order valence-corrected chi connectivity index (χ4v) is 3.48. The molecule has 1 aliphatic heterocycles. The van der Waals surface area contributed by atoms with E-state index in [4.69, 9.17) is 9.47 Å². The minimum absolute atomic E-state index is 0.161. The first kappa shape index (κ1) is 22.3. The van der Waals surface area contributed by atoms with Gasteiger partial charge in [0.2, 0.25) is 5.91 Å². The van der Waals surface area contributed by atoms with Crippen LogP contribution in [0.4, 0.5) is 5.69 Å². The summed E-state index contributed by atoms with van der Waals surface area (Å²) in [5.41, 5.74) is 1.55. The van der Waals surface area contributed by atoms with E-state index in [1.165, 1.54) is 0 Å². The number of anilines is 1. The molecule has 1 fully saturated rings. The summed E-state index contributed by atoms with van der Waals surface area (Å²) < 4.78 is 10.0. The predicted octanol–water partition coefficient (Wildman–Crippen LogP) is 2.31. The van der Waals surface area contributed by atoms with E-state index in [9.17, 15) is 14.4 Å². The summed E-state index contributed by atoms with van der Waals surface area (Å²) in [5.74, 6) is 0.0600. The van der Waals surface area contributed by atoms with Gasteiger partial charge >= 0.3 is 0 Å². The van der Waals surface area contributed by atoms with Crippen molar-refractivity contribution in [1.29, 1.82) is 0 Å². The van der Waals surface area contributed by atoms with Crippen molar-refractivity contribution in [2.45, 2.75) is 18.9 Å². The second-order valence-electron chi connectivity index (χ2n) is 7.20. The Kier molecular flexibility index (Phi) is 7.61. The third-order valence-corrected chi connectivity index (χ3v) is 5.16. The largest absolute Gasteiger partial charge is 0.497 e. The number of hydrogen-bond acceptors (Lipinski definition) is 5. The predicted molar refractivity (Wildman–Crippen MR) is 116 cm³/mol. The number of hydrogen-bond donors (Lipinski definition) is 2. The molecule has 0 spiro atoms. The molecule has 164 valence electrons. The summed E-state index contributed by atoms with van der Waals surface area (Å²) >= 11 is 0. The maximum Gasteiger partial charge on any atom is 0.255 e. The van der Waals surface area contributed by atoms with E-state index in [-0.39, 0.29) is 17.7 Å². The molecule has 1 heterocycles. The summed E-state index contributed by atoms with van der Waals surface area (Å²) in [5, 5.41) is 5.61. The highest BCUT2D eigenvalue weighted by molar-refractivity contribution is 6.04. The molecule has 8 heteroatoms. The van der Waals surface area contributed by atoms with Gasteiger partial charge in [-0.05, 0) is 61.4 Å². The minimum atomic E-state index is -0.473. The highest BCUT2D eigenvalue weighted by Crippen LogP contribution is 2.21. The van der Waals surface area contributed by atoms with Gasteiger partial charge in [0.15, 0.2) is 0 Å². The van der Waals surface area contributed by atoms with Gasteiger partial charge in [-0.3, -0.25) is 14.4 Å². The summed E-state index contributed by atoms with van der Waals surface area (Å²) in [7, 11) is 3.14. The molecule has 0 saturated carbocycles. The van der Waals surface area contributed by atoms with Crippen molar-refractivity contribution in [1.82, 2.24) is 10.2 Å². The molecule has 0 bridgehead atoms. The van der Waals surface area contributed by atoms with Crippen LogP contribution in [0.2, 0.25) is 0 Å². The van der Waals surface area contributed by atoms with Crippen LogP contribution in [0, 0.1) is 0 Å². The minimum Gasteiger partial charge on any atom is -0.497 e. The van der Waals surface area contributed by atoms with E-state index in [1.807, 2.05) is 0 Å². The number of benzene rings is 2. The average molecular weight is 425 g/mol. The zero-order chi connectivity index (χ0) is 22.2. The second-order valence-corrected chi connectivity index (χ2v) is 7.20. The molecule has 2 aromatic carbocycles. The zero-order valence-electron chi connectivity index (χ0n) is 17.7. The molecule has 2 aromatic rings. The molecule has 2 N–H and O–H groups in total. The lowest BCUT2D eigenvalue weighted by molar-refractivity contribution is -0.125. The van der Waals surface area contributed by atoms with Crippen LogP contribution in [0.5, 0.6) is 5.75 Å². The molecule has 0 aromatic heterocycles. The zero-order valence-corrected chi connectivity index (χ0v) is 17.7. The first-order valence-corrected chi connectivity index (χ1v) is 10.2. The fourth-order valence-electron chi connectivity index (χ4n) is 3.48. The van der Waals surface area contributed by atoms with E-state index in [1.54, 1.807) is 67.7 Å². The number of ether oxygens (including phenoxy) is 2. The van der Waals surface area contributed by atoms with E-state index in [0.717, 1.165) is 6.42 Å². The Bertz CT molecular complexity index is 912. The van der Waals surface area contributed by atoms with E-state index < -0.39 is 6.04 Å². The number of carbonyl (C=O) groups excluding carboxylic acids is 3. The Balaban J connectivity index is 1.61. The summed E-state index contributed by atoms with van der Waals surface area (Å²) in [6.45, 7) is 1.38. The Hall–Kier alpha value is -3.39. The van der Waals surface area contributed by atoms with Gasteiger partial charge < -0.3 is 25.0 Å². The van der Waals surface area contributed by atoms with Crippen LogP contribution in [0.15, 0.2) is 48.5 Å². The van der Waals surface area contributed by atoms with E-state index in [0.29, 0.717) is 48.7 Å². The van der Waals surface area contributed by atoms with Gasteiger partial charge in [0.25, 0.3) is 11.8 Å². The van der Waals surface area contributed by atoms with Crippen LogP contribution in [0.25, 0.3) is 0 Å². The molecule has 1 saturated heterocycles. The number of nitrogens with zero attached hydrogens (tertiary/aromatic N) is 1. The van der Waals surface area contributed by atoms with Crippen molar-refractivity contribution in [2.75, 3.05) is 39.2 Å². The SMILES string of the molecule is COCCNC(=O)[C@H]1CCCN1C(=O)c1ccc(NC(=O)c2ccc(OC)cc2)cc1. The van der Waals surface area contributed by atoms with Gasteiger partial charge in [0.05, 0.1) is 13.7 Å². The lowest BCUT2D eigenvalue weighted by Gasteiger charge is -2.24. The van der Waals surface area contributed by atoms with E-state index >= 15 is 0 Å². The van der Waals surface area contributed by atoms with Crippen molar-refractivity contribution in [3.8, 4) is 5.75 Å². The van der Waals surface area contributed by atoms with Gasteiger partial charge in [-0.25, -0.2) is 0 Å². The van der Waals surface area contributed by atoms with Crippen molar-refractivity contribution in [3.63, 3.8) is 0 Å². The van der Waals surface area contributed by atoms with Gasteiger partial charge in [0.1, 0.15) is 11.8 Å². The van der Waals surface area contributed by atoms with Crippen molar-refractivity contribution in [3.05, 3.63) is 59.7 Å². The van der Waals surface area contributed by atoms with E-state index in [2.05, 4.69) is 10.6 Å². The van der Waals surface area contributed by atoms with Crippen LogP contribution < -0.4 is 15.4 Å². The highest BCUT2D eigenvalue weighted by atomic mass is 16.5. The lowest BCUT2D eigenvalue weighted by Crippen LogP contribution is -2.46. The Morgan fingerprint density at radius 2 is 1.68 bits per heavy atom. The fraction of sp³-hybridized carbons (Fsp3) is 0.348. The summed E-state index contributed by atoms with van der Waals surface area (Å²) in [6.07, 6.45) is 1.42. The molecule has 1 aliphatic rings. The van der Waals surface area contributed by atoms with Gasteiger partial charge in [-0.1, -0.05) is 0 Å². The molecule has 0 unspecified atom stereocenters. The van der Waals surface area contributed by atoms with Crippen LogP contribution in [0.3, 0.4) is 0 Å². The lowest BCUT2D eigenvalue weighted by atomic mass is 10.1. The van der Waals surface area contributed by atoms with Crippen LogP contribution in [-0.2, 0) is 9.53 Å². The molecule has 0 radical (unpaired) electrons. The molecular weight excluding hydrogens is 398 g/mol. The highest BCUT2D eigenvalue weighted by Gasteiger charge is 2.34. The van der Waals surface area contributed by atoms with Crippen LogP contribution >= 0.6 is 0 Å². The molecular formula is C23H27N3O5. The number of methoxy groups -OCH3 is 2. The van der Waals surface area contributed by atoms with Gasteiger partial charge in [-0.2, -0.15) is 0 Å². The smallest absolute Gasteiger partial charge is 0.255 e. The average Bonchev–Trinajstić information content (AvgIpc) is 3.29. The third-order valence-electron chi connectivity index (χ3n) is 5.16. The van der Waals surface area contributed by atoms with Crippen molar-refractivity contribution >= 4 is 23.4 Å². The number of amides is 3. The van der Waals surface area contributed by atoms with Crippen LogP contribution in [-0.4, -0.2) is 62.6 Å². The maximum absolute atomic E-state index is 12.9. The second kappa shape index (κ2) is 10.6. The van der Waals surface area contributed by atoms with Crippen molar-refractivity contribution < 1.29 is 23.9 Å². The molecule has 8 nitrogen and oxygen atoms in total. The third kappa shape index (κ3) is 5.61. The molecule has 3 rings (SSSR count). The quantitative estimate of drug-likeness (QED) is 0.633. The number of nitrogens with one attached hydrogen (secondary N) is 2. The van der Waals surface area contributed by atoms with Gasteiger partial charge in [0, 0.05) is 37.0 Å². The molecule has 3 amide bonds. The number of rotatable bonds is 8. The first-order chi connectivity index (χ1) is 15.0. The Morgan fingerprint density at radius 3 is 2.32 bits per heavy atom. The Labute approximate surface area is 181 Å². The summed E-state index contributed by atoms with van der Waals surface area (Å²) in [4.78, 5) is 39.3. The standard InChI is InChI=1S/C23H27N3O5/c1-30-15-13-24-22(28)20-4-3-14-26(20)23(29)17-5-9-18(10-6-17)25-21(27)16-7-11-19(31-2)12-8-16/h5-12,20H,3-4,13-15H2,1-2H3,(H,24,28)(H,25,27)/t20-/m1/s1. The summed E-state index contributed by atoms with van der Waals surface area (Å²) in [6, 6.07) is 13.0. The van der Waals surface area contributed by atoms with Crippen molar-refractivity contribution in [2.24, 2.45) is 0 Å². The maximum atomic E-state index is 12.9. The number of carbonyl (C=O) groups is 3.